The normalized spacial score (nSPS) is 24.2. The van der Waals surface area contributed by atoms with Crippen LogP contribution in [0.5, 0.6) is 0 Å². The van der Waals surface area contributed by atoms with E-state index < -0.39 is 6.10 Å². The van der Waals surface area contributed by atoms with Crippen molar-refractivity contribution >= 4 is 5.69 Å². The van der Waals surface area contributed by atoms with Gasteiger partial charge in [-0.2, -0.15) is 0 Å². The fourth-order valence-corrected chi connectivity index (χ4v) is 2.61. The maximum Gasteiger partial charge on any atom is 0.274 e. The second-order valence-corrected chi connectivity index (χ2v) is 5.35. The lowest BCUT2D eigenvalue weighted by molar-refractivity contribution is 0.0739. The molecular formula is C14H22N2O2. The van der Waals surface area contributed by atoms with Crippen molar-refractivity contribution in [2.45, 2.75) is 57.7 Å². The molecule has 1 aliphatic rings. The van der Waals surface area contributed by atoms with Crippen molar-refractivity contribution in [3.63, 3.8) is 0 Å². The van der Waals surface area contributed by atoms with Crippen LogP contribution in [0.4, 0.5) is 5.69 Å². The van der Waals surface area contributed by atoms with E-state index in [1.807, 2.05) is 19.9 Å². The lowest BCUT2D eigenvalue weighted by atomic mass is 9.92. The summed E-state index contributed by atoms with van der Waals surface area (Å²) in [6.45, 7) is 4.01. The van der Waals surface area contributed by atoms with Crippen LogP contribution in [0.2, 0.25) is 0 Å². The maximum absolute atomic E-state index is 12.3. The number of aromatic nitrogens is 1. The quantitative estimate of drug-likeness (QED) is 0.864. The van der Waals surface area contributed by atoms with Gasteiger partial charge in [0.15, 0.2) is 0 Å². The Morgan fingerprint density at radius 3 is 2.78 bits per heavy atom. The highest BCUT2D eigenvalue weighted by Crippen LogP contribution is 2.27. The molecule has 0 aliphatic heterocycles. The van der Waals surface area contributed by atoms with Crippen LogP contribution in [-0.2, 0) is 0 Å². The Hall–Kier alpha value is -1.29. The minimum Gasteiger partial charge on any atom is -0.391 e. The fourth-order valence-electron chi connectivity index (χ4n) is 2.61. The summed E-state index contributed by atoms with van der Waals surface area (Å²) in [6.07, 6.45) is 5.19. The first-order valence-corrected chi connectivity index (χ1v) is 6.75. The number of rotatable bonds is 3. The summed E-state index contributed by atoms with van der Waals surface area (Å²) < 4.78 is 1.69. The molecule has 1 heterocycles. The Kier molecular flexibility index (Phi) is 4.07. The predicted molar refractivity (Wildman–Crippen MR) is 73.0 cm³/mol. The van der Waals surface area contributed by atoms with Gasteiger partial charge >= 0.3 is 0 Å². The maximum atomic E-state index is 12.3. The number of aliphatic hydroxyl groups is 1. The van der Waals surface area contributed by atoms with Gasteiger partial charge < -0.3 is 15.0 Å². The molecule has 0 bridgehead atoms. The Morgan fingerprint density at radius 1 is 1.39 bits per heavy atom. The van der Waals surface area contributed by atoms with Crippen LogP contribution < -0.4 is 10.9 Å². The Labute approximate surface area is 108 Å². The molecule has 1 aliphatic carbocycles. The molecule has 1 aromatic heterocycles. The van der Waals surface area contributed by atoms with Crippen LogP contribution in [0, 0.1) is 0 Å². The number of aliphatic hydroxyl groups excluding tert-OH is 1. The average Bonchev–Trinajstić information content (AvgIpc) is 2.32. The van der Waals surface area contributed by atoms with Gasteiger partial charge in [0.1, 0.15) is 5.69 Å². The van der Waals surface area contributed by atoms with Gasteiger partial charge in [0.05, 0.1) is 12.1 Å². The van der Waals surface area contributed by atoms with Gasteiger partial charge in [-0.05, 0) is 38.8 Å². The number of nitrogens with one attached hydrogen (secondary N) is 1. The van der Waals surface area contributed by atoms with Gasteiger partial charge in [-0.1, -0.05) is 12.8 Å². The molecule has 0 radical (unpaired) electrons. The molecule has 0 amide bonds. The van der Waals surface area contributed by atoms with Crippen LogP contribution >= 0.6 is 0 Å². The van der Waals surface area contributed by atoms with Gasteiger partial charge in [0.25, 0.3) is 5.56 Å². The van der Waals surface area contributed by atoms with E-state index in [0.29, 0.717) is 5.69 Å². The summed E-state index contributed by atoms with van der Waals surface area (Å²) in [5.41, 5.74) is 0.586. The summed E-state index contributed by atoms with van der Waals surface area (Å²) in [5, 5.41) is 13.2. The monoisotopic (exact) mass is 250 g/mol. The molecule has 18 heavy (non-hydrogen) atoms. The molecule has 4 heteroatoms. The largest absolute Gasteiger partial charge is 0.391 e. The zero-order chi connectivity index (χ0) is 13.1. The molecular weight excluding hydrogens is 228 g/mol. The summed E-state index contributed by atoms with van der Waals surface area (Å²) in [7, 11) is 0. The summed E-state index contributed by atoms with van der Waals surface area (Å²) in [6, 6.07) is 3.83. The van der Waals surface area contributed by atoms with Gasteiger partial charge in [-0.15, -0.1) is 0 Å². The molecule has 100 valence electrons. The van der Waals surface area contributed by atoms with E-state index in [1.165, 1.54) is 0 Å². The van der Waals surface area contributed by atoms with Crippen molar-refractivity contribution < 1.29 is 5.11 Å². The second-order valence-electron chi connectivity index (χ2n) is 5.35. The zero-order valence-corrected chi connectivity index (χ0v) is 11.1. The number of hydrogen-bond donors (Lipinski definition) is 2. The summed E-state index contributed by atoms with van der Waals surface area (Å²) in [5.74, 6) is 0. The summed E-state index contributed by atoms with van der Waals surface area (Å²) >= 11 is 0. The highest BCUT2D eigenvalue weighted by atomic mass is 16.3. The predicted octanol–water partition coefficient (Wildman–Crippen LogP) is 2.14. The van der Waals surface area contributed by atoms with Crippen LogP contribution in [0.25, 0.3) is 0 Å². The number of pyridine rings is 1. The molecule has 1 saturated carbocycles. The van der Waals surface area contributed by atoms with Crippen molar-refractivity contribution in [1.82, 2.24) is 4.57 Å². The molecule has 0 saturated heterocycles. The second kappa shape index (κ2) is 5.57. The molecule has 0 unspecified atom stereocenters. The topological polar surface area (TPSA) is 54.3 Å². The smallest absolute Gasteiger partial charge is 0.274 e. The van der Waals surface area contributed by atoms with E-state index in [-0.39, 0.29) is 17.6 Å². The number of hydrogen-bond acceptors (Lipinski definition) is 3. The Morgan fingerprint density at radius 2 is 2.11 bits per heavy atom. The van der Waals surface area contributed by atoms with Gasteiger partial charge in [0.2, 0.25) is 0 Å². The van der Waals surface area contributed by atoms with Crippen molar-refractivity contribution in [2.75, 3.05) is 5.32 Å². The first-order valence-electron chi connectivity index (χ1n) is 6.75. The molecule has 2 rings (SSSR count). The van der Waals surface area contributed by atoms with Crippen LogP contribution in [0.3, 0.4) is 0 Å². The van der Waals surface area contributed by atoms with E-state index in [9.17, 15) is 9.90 Å². The third-order valence-electron chi connectivity index (χ3n) is 3.47. The standard InChI is InChI=1S/C14H22N2O2/c1-10(2)15-11-6-5-9-16(14(11)18)12-7-3-4-8-13(12)17/h5-6,9-10,12-13,15,17H,3-4,7-8H2,1-2H3/t12-,13+/m1/s1. The van der Waals surface area contributed by atoms with Crippen LogP contribution in [0.15, 0.2) is 23.1 Å². The summed E-state index contributed by atoms with van der Waals surface area (Å²) in [4.78, 5) is 12.3. The Bertz CT molecular complexity index is 453. The van der Waals surface area contributed by atoms with Gasteiger partial charge in [-0.25, -0.2) is 0 Å². The lowest BCUT2D eigenvalue weighted by Crippen LogP contribution is -2.35. The highest BCUT2D eigenvalue weighted by Gasteiger charge is 2.25. The SMILES string of the molecule is CC(C)Nc1cccn([C@@H]2CCCC[C@@H]2O)c1=O. The minimum atomic E-state index is -0.397. The molecule has 0 spiro atoms. The lowest BCUT2D eigenvalue weighted by Gasteiger charge is -2.29. The first-order chi connectivity index (χ1) is 8.59. The molecule has 0 aromatic carbocycles. The molecule has 4 nitrogen and oxygen atoms in total. The Balaban J connectivity index is 2.30. The third-order valence-corrected chi connectivity index (χ3v) is 3.47. The van der Waals surface area contributed by atoms with Crippen molar-refractivity contribution in [3.8, 4) is 0 Å². The first kappa shape index (κ1) is 13.1. The average molecular weight is 250 g/mol. The number of nitrogens with zero attached hydrogens (tertiary/aromatic N) is 1. The van der Waals surface area contributed by atoms with Gasteiger partial charge in [-0.3, -0.25) is 4.79 Å². The van der Waals surface area contributed by atoms with Gasteiger partial charge in [0, 0.05) is 12.2 Å². The molecule has 1 aromatic rings. The van der Waals surface area contributed by atoms with Crippen LogP contribution in [-0.4, -0.2) is 21.8 Å². The van der Waals surface area contributed by atoms with Crippen molar-refractivity contribution in [3.05, 3.63) is 28.7 Å². The van der Waals surface area contributed by atoms with Crippen molar-refractivity contribution in [1.29, 1.82) is 0 Å². The highest BCUT2D eigenvalue weighted by molar-refractivity contribution is 5.41. The number of anilines is 1. The zero-order valence-electron chi connectivity index (χ0n) is 11.1. The van der Waals surface area contributed by atoms with Crippen molar-refractivity contribution in [2.24, 2.45) is 0 Å². The third kappa shape index (κ3) is 2.75. The minimum absolute atomic E-state index is 0.0304. The van der Waals surface area contributed by atoms with E-state index >= 15 is 0 Å². The van der Waals surface area contributed by atoms with E-state index in [0.717, 1.165) is 25.7 Å². The fraction of sp³-hybridized carbons (Fsp3) is 0.643. The van der Waals surface area contributed by atoms with E-state index in [4.69, 9.17) is 0 Å². The van der Waals surface area contributed by atoms with E-state index in [1.54, 1.807) is 16.8 Å². The van der Waals surface area contributed by atoms with Crippen LogP contribution in [0.1, 0.15) is 45.6 Å². The van der Waals surface area contributed by atoms with E-state index in [2.05, 4.69) is 5.32 Å². The molecule has 1 fully saturated rings. The molecule has 2 N–H and O–H groups in total. The molecule has 2 atom stereocenters.